The van der Waals surface area contributed by atoms with Gasteiger partial charge < -0.3 is 4.74 Å². The summed E-state index contributed by atoms with van der Waals surface area (Å²) < 4.78 is 7.55. The Bertz CT molecular complexity index is 831. The second-order valence-electron chi connectivity index (χ2n) is 7.10. The van der Waals surface area contributed by atoms with Gasteiger partial charge in [-0.1, -0.05) is 11.8 Å². The molecule has 0 unspecified atom stereocenters. The third kappa shape index (κ3) is 2.00. The van der Waals surface area contributed by atoms with E-state index in [2.05, 4.69) is 13.8 Å². The fraction of sp³-hybridized carbons (Fsp3) is 0.625. The molecule has 2 aromatic rings. The molecule has 22 heavy (non-hydrogen) atoms. The summed E-state index contributed by atoms with van der Waals surface area (Å²) in [5, 5.41) is 1.61. The first-order valence-corrected chi connectivity index (χ1v) is 9.36. The molecule has 1 aliphatic carbocycles. The molecule has 4 heterocycles. The molecule has 0 atom stereocenters. The topological polar surface area (TPSA) is 44.1 Å². The highest BCUT2D eigenvalue weighted by Gasteiger charge is 2.59. The van der Waals surface area contributed by atoms with E-state index in [1.807, 2.05) is 14.0 Å². The van der Waals surface area contributed by atoms with Crippen molar-refractivity contribution >= 4 is 33.3 Å². The highest BCUT2D eigenvalue weighted by Crippen LogP contribution is 2.59. The average Bonchev–Trinajstić information content (AvgIpc) is 3.03. The Morgan fingerprint density at radius 2 is 2.14 bits per heavy atom. The molecular formula is C16H20N2O2S2. The summed E-state index contributed by atoms with van der Waals surface area (Å²) in [4.78, 5) is 19.4. The van der Waals surface area contributed by atoms with Crippen LogP contribution in [-0.2, 0) is 11.8 Å². The van der Waals surface area contributed by atoms with E-state index in [1.54, 1.807) is 27.7 Å². The monoisotopic (exact) mass is 336 g/mol. The number of thioether (sulfide) groups is 1. The van der Waals surface area contributed by atoms with Crippen molar-refractivity contribution in [3.8, 4) is 0 Å². The molecule has 2 aliphatic heterocycles. The van der Waals surface area contributed by atoms with Gasteiger partial charge in [0.2, 0.25) is 0 Å². The molecule has 0 aromatic carbocycles. The normalized spacial score (nSPS) is 30.0. The molecule has 0 amide bonds. The minimum atomic E-state index is 0.0768. The van der Waals surface area contributed by atoms with Crippen molar-refractivity contribution in [3.05, 3.63) is 20.8 Å². The highest BCUT2D eigenvalue weighted by atomic mass is 32.2. The third-order valence-corrected chi connectivity index (χ3v) is 7.58. The summed E-state index contributed by atoms with van der Waals surface area (Å²) in [5.74, 6) is 0.984. The van der Waals surface area contributed by atoms with Crippen LogP contribution in [0.2, 0.25) is 0 Å². The molecule has 3 fully saturated rings. The van der Waals surface area contributed by atoms with Gasteiger partial charge in [-0.15, -0.1) is 11.3 Å². The van der Waals surface area contributed by atoms with Crippen molar-refractivity contribution in [1.82, 2.24) is 9.55 Å². The van der Waals surface area contributed by atoms with Crippen LogP contribution in [0.1, 0.15) is 30.2 Å². The Hall–Kier alpha value is -0.850. The summed E-state index contributed by atoms with van der Waals surface area (Å²) in [7, 11) is 1.83. The van der Waals surface area contributed by atoms with Crippen LogP contribution in [0, 0.1) is 19.3 Å². The molecule has 2 bridgehead atoms. The maximum absolute atomic E-state index is 12.6. The van der Waals surface area contributed by atoms with Crippen molar-refractivity contribution in [3.63, 3.8) is 0 Å². The van der Waals surface area contributed by atoms with Crippen molar-refractivity contribution in [1.29, 1.82) is 0 Å². The van der Waals surface area contributed by atoms with Gasteiger partial charge >= 0.3 is 0 Å². The summed E-state index contributed by atoms with van der Waals surface area (Å²) in [6.45, 7) is 7.11. The van der Waals surface area contributed by atoms with E-state index in [0.717, 1.165) is 46.1 Å². The van der Waals surface area contributed by atoms with Crippen molar-refractivity contribution < 1.29 is 4.74 Å². The second kappa shape index (κ2) is 4.58. The Labute approximate surface area is 137 Å². The van der Waals surface area contributed by atoms with Crippen LogP contribution < -0.4 is 5.56 Å². The fourth-order valence-corrected chi connectivity index (χ4v) is 6.15. The van der Waals surface area contributed by atoms with Crippen LogP contribution >= 0.6 is 23.1 Å². The SMILES string of the molecule is Cc1sc2nc(SCC34COC(C)(C3)C4)n(C)c(=O)c2c1C. The zero-order valence-electron chi connectivity index (χ0n) is 13.4. The van der Waals surface area contributed by atoms with Crippen LogP contribution in [0.3, 0.4) is 0 Å². The number of aryl methyl sites for hydroxylation is 2. The Kier molecular flexibility index (Phi) is 3.07. The van der Waals surface area contributed by atoms with Crippen LogP contribution in [-0.4, -0.2) is 27.5 Å². The molecule has 0 spiro atoms. The van der Waals surface area contributed by atoms with Crippen molar-refractivity contribution in [2.24, 2.45) is 12.5 Å². The maximum atomic E-state index is 12.6. The molecule has 5 rings (SSSR count). The predicted molar refractivity (Wildman–Crippen MR) is 91.1 cm³/mol. The van der Waals surface area contributed by atoms with Crippen LogP contribution in [0.5, 0.6) is 0 Å². The summed E-state index contributed by atoms with van der Waals surface area (Å²) in [6, 6.07) is 0. The van der Waals surface area contributed by atoms with Gasteiger partial charge in [-0.2, -0.15) is 0 Å². The van der Waals surface area contributed by atoms with E-state index < -0.39 is 0 Å². The number of fused-ring (bicyclic) bond motifs is 2. The van der Waals surface area contributed by atoms with Gasteiger partial charge in [0.05, 0.1) is 17.6 Å². The summed E-state index contributed by atoms with van der Waals surface area (Å²) in [6.07, 6.45) is 2.28. The van der Waals surface area contributed by atoms with Gasteiger partial charge in [-0.3, -0.25) is 9.36 Å². The lowest BCUT2D eigenvalue weighted by Crippen LogP contribution is -2.43. The first-order chi connectivity index (χ1) is 10.3. The molecule has 2 aromatic heterocycles. The first kappa shape index (κ1) is 14.7. The van der Waals surface area contributed by atoms with Gasteiger partial charge in [0.1, 0.15) is 4.83 Å². The summed E-state index contributed by atoms with van der Waals surface area (Å²) >= 11 is 3.32. The van der Waals surface area contributed by atoms with Gasteiger partial charge in [-0.05, 0) is 39.2 Å². The number of thiophene rings is 1. The minimum absolute atomic E-state index is 0.0768. The lowest BCUT2D eigenvalue weighted by Gasteiger charge is -2.42. The largest absolute Gasteiger partial charge is 0.375 e. The first-order valence-electron chi connectivity index (χ1n) is 7.56. The molecule has 3 aliphatic rings. The van der Waals surface area contributed by atoms with Gasteiger partial charge in [0.25, 0.3) is 5.56 Å². The Morgan fingerprint density at radius 3 is 2.77 bits per heavy atom. The van der Waals surface area contributed by atoms with E-state index >= 15 is 0 Å². The number of rotatable bonds is 3. The Balaban J connectivity index is 1.65. The van der Waals surface area contributed by atoms with Crippen molar-refractivity contribution in [2.75, 3.05) is 12.4 Å². The molecule has 4 nitrogen and oxygen atoms in total. The maximum Gasteiger partial charge on any atom is 0.262 e. The van der Waals surface area contributed by atoms with E-state index in [9.17, 15) is 4.79 Å². The van der Waals surface area contributed by atoms with Gasteiger partial charge in [-0.25, -0.2) is 4.98 Å². The predicted octanol–water partition coefficient (Wildman–Crippen LogP) is 3.27. The Morgan fingerprint density at radius 1 is 1.41 bits per heavy atom. The zero-order valence-corrected chi connectivity index (χ0v) is 15.0. The number of ether oxygens (including phenoxy) is 1. The number of nitrogens with zero attached hydrogens (tertiary/aromatic N) is 2. The smallest absolute Gasteiger partial charge is 0.262 e. The standard InChI is InChI=1S/C16H20N2O2S2/c1-9-10(2)22-12-11(9)13(19)18(4)14(17-12)21-8-16-5-15(3,6-16)20-7-16/h5-8H2,1-4H3. The molecule has 1 saturated carbocycles. The quantitative estimate of drug-likeness (QED) is 0.637. The van der Waals surface area contributed by atoms with Crippen molar-refractivity contribution in [2.45, 2.75) is 44.4 Å². The highest BCUT2D eigenvalue weighted by molar-refractivity contribution is 7.99. The average molecular weight is 336 g/mol. The lowest BCUT2D eigenvalue weighted by atomic mass is 9.64. The second-order valence-corrected chi connectivity index (χ2v) is 9.25. The van der Waals surface area contributed by atoms with Crippen LogP contribution in [0.15, 0.2) is 9.95 Å². The van der Waals surface area contributed by atoms with Crippen LogP contribution in [0.25, 0.3) is 10.2 Å². The molecule has 0 N–H and O–H groups in total. The van der Waals surface area contributed by atoms with Gasteiger partial charge in [0, 0.05) is 23.1 Å². The minimum Gasteiger partial charge on any atom is -0.375 e. The molecule has 118 valence electrons. The lowest BCUT2D eigenvalue weighted by molar-refractivity contribution is 0.00796. The molecule has 2 saturated heterocycles. The van der Waals surface area contributed by atoms with E-state index in [4.69, 9.17) is 9.72 Å². The number of aromatic nitrogens is 2. The molecule has 6 heteroatoms. The zero-order chi connectivity index (χ0) is 15.7. The molecule has 0 radical (unpaired) electrons. The third-order valence-electron chi connectivity index (χ3n) is 5.10. The molecular weight excluding hydrogens is 316 g/mol. The van der Waals surface area contributed by atoms with E-state index in [1.165, 1.54) is 4.88 Å². The summed E-state index contributed by atoms with van der Waals surface area (Å²) in [5.41, 5.74) is 1.56. The fourth-order valence-electron chi connectivity index (χ4n) is 3.91. The van der Waals surface area contributed by atoms with Gasteiger partial charge in [0.15, 0.2) is 5.16 Å². The van der Waals surface area contributed by atoms with E-state index in [-0.39, 0.29) is 11.2 Å². The number of hydrogen-bond acceptors (Lipinski definition) is 5. The number of hydrogen-bond donors (Lipinski definition) is 0. The van der Waals surface area contributed by atoms with E-state index in [0.29, 0.717) is 5.41 Å². The van der Waals surface area contributed by atoms with Crippen LogP contribution in [0.4, 0.5) is 0 Å².